The van der Waals surface area contributed by atoms with Gasteiger partial charge in [0.05, 0.1) is 13.2 Å². The number of nitrogens with two attached hydrogens (primary N) is 1. The van der Waals surface area contributed by atoms with Gasteiger partial charge in [0.15, 0.2) is 0 Å². The fourth-order valence-corrected chi connectivity index (χ4v) is 2.66. The molecule has 4 nitrogen and oxygen atoms in total. The lowest BCUT2D eigenvalue weighted by atomic mass is 10.0. The van der Waals surface area contributed by atoms with E-state index < -0.39 is 0 Å². The number of anilines is 1. The molecule has 3 rings (SSSR count). The van der Waals surface area contributed by atoms with Gasteiger partial charge in [-0.25, -0.2) is 0 Å². The van der Waals surface area contributed by atoms with Crippen LogP contribution in [0.25, 0.3) is 0 Å². The monoisotopic (exact) mass is 232 g/mol. The van der Waals surface area contributed by atoms with E-state index in [1.807, 2.05) is 4.90 Å². The summed E-state index contributed by atoms with van der Waals surface area (Å²) < 4.78 is 5.41. The zero-order chi connectivity index (χ0) is 11.8. The van der Waals surface area contributed by atoms with Crippen LogP contribution in [-0.4, -0.2) is 37.1 Å². The van der Waals surface area contributed by atoms with Crippen LogP contribution in [0.3, 0.4) is 0 Å². The normalized spacial score (nSPS) is 27.2. The summed E-state index contributed by atoms with van der Waals surface area (Å²) >= 11 is 0. The number of nitrogens with zero attached hydrogens (tertiary/aromatic N) is 1. The minimum atomic E-state index is 0.111. The van der Waals surface area contributed by atoms with Crippen LogP contribution >= 0.6 is 0 Å². The van der Waals surface area contributed by atoms with Crippen molar-refractivity contribution in [1.82, 2.24) is 4.90 Å². The molecule has 0 unspecified atom stereocenters. The number of amides is 1. The number of hydrogen-bond donors (Lipinski definition) is 1. The van der Waals surface area contributed by atoms with E-state index in [0.717, 1.165) is 31.9 Å². The van der Waals surface area contributed by atoms with Crippen molar-refractivity contribution in [1.29, 1.82) is 0 Å². The second-order valence-corrected chi connectivity index (χ2v) is 4.89. The fourth-order valence-electron chi connectivity index (χ4n) is 2.66. The SMILES string of the molecule is Nc1ccc(C(=O)N2C[C@H]3COC[C@H]3C2)cc1. The van der Waals surface area contributed by atoms with E-state index in [9.17, 15) is 4.79 Å². The molecule has 2 fully saturated rings. The van der Waals surface area contributed by atoms with Crippen LogP contribution in [0.2, 0.25) is 0 Å². The summed E-state index contributed by atoms with van der Waals surface area (Å²) in [6, 6.07) is 7.13. The molecule has 90 valence electrons. The Bertz CT molecular complexity index is 418. The van der Waals surface area contributed by atoms with Gasteiger partial charge in [-0.2, -0.15) is 0 Å². The van der Waals surface area contributed by atoms with Gasteiger partial charge < -0.3 is 15.4 Å². The van der Waals surface area contributed by atoms with Gasteiger partial charge in [-0.05, 0) is 24.3 Å². The Balaban J connectivity index is 1.73. The Labute approximate surface area is 100 Å². The third-order valence-corrected chi connectivity index (χ3v) is 3.69. The molecule has 0 bridgehead atoms. The van der Waals surface area contributed by atoms with E-state index in [4.69, 9.17) is 10.5 Å². The van der Waals surface area contributed by atoms with Crippen molar-refractivity contribution in [3.8, 4) is 0 Å². The quantitative estimate of drug-likeness (QED) is 0.734. The van der Waals surface area contributed by atoms with Crippen molar-refractivity contribution >= 4 is 11.6 Å². The predicted octanol–water partition coefficient (Wildman–Crippen LogP) is 0.987. The van der Waals surface area contributed by atoms with Crippen LogP contribution in [0.15, 0.2) is 24.3 Å². The lowest BCUT2D eigenvalue weighted by Crippen LogP contribution is -2.30. The largest absolute Gasteiger partial charge is 0.399 e. The second kappa shape index (κ2) is 4.04. The molecular weight excluding hydrogens is 216 g/mol. The molecule has 1 aromatic carbocycles. The number of ether oxygens (including phenoxy) is 1. The van der Waals surface area contributed by atoms with Crippen LogP contribution < -0.4 is 5.73 Å². The second-order valence-electron chi connectivity index (χ2n) is 4.89. The van der Waals surface area contributed by atoms with Crippen molar-refractivity contribution in [2.75, 3.05) is 32.0 Å². The van der Waals surface area contributed by atoms with E-state index in [0.29, 0.717) is 17.5 Å². The van der Waals surface area contributed by atoms with Crippen LogP contribution in [0, 0.1) is 11.8 Å². The highest BCUT2D eigenvalue weighted by molar-refractivity contribution is 5.94. The van der Waals surface area contributed by atoms with Crippen molar-refractivity contribution in [3.05, 3.63) is 29.8 Å². The molecule has 1 amide bonds. The van der Waals surface area contributed by atoms with Crippen LogP contribution in [0.5, 0.6) is 0 Å². The van der Waals surface area contributed by atoms with E-state index in [2.05, 4.69) is 0 Å². The molecule has 0 aromatic heterocycles. The molecule has 2 aliphatic rings. The Hall–Kier alpha value is -1.55. The van der Waals surface area contributed by atoms with Gasteiger partial charge in [0.1, 0.15) is 0 Å². The Kier molecular flexibility index (Phi) is 2.52. The van der Waals surface area contributed by atoms with E-state index in [1.54, 1.807) is 24.3 Å². The van der Waals surface area contributed by atoms with E-state index >= 15 is 0 Å². The third-order valence-electron chi connectivity index (χ3n) is 3.69. The Morgan fingerprint density at radius 3 is 2.35 bits per heavy atom. The first-order valence-electron chi connectivity index (χ1n) is 5.96. The van der Waals surface area contributed by atoms with Gasteiger partial charge in [-0.15, -0.1) is 0 Å². The molecule has 4 heteroatoms. The summed E-state index contributed by atoms with van der Waals surface area (Å²) in [5, 5.41) is 0. The number of fused-ring (bicyclic) bond motifs is 1. The lowest BCUT2D eigenvalue weighted by molar-refractivity contribution is 0.0751. The number of carbonyl (C=O) groups excluding carboxylic acids is 1. The average Bonchev–Trinajstić information content (AvgIpc) is 2.89. The van der Waals surface area contributed by atoms with Crippen LogP contribution in [0.4, 0.5) is 5.69 Å². The summed E-state index contributed by atoms with van der Waals surface area (Å²) in [6.45, 7) is 3.26. The number of rotatable bonds is 1. The molecule has 2 heterocycles. The number of benzene rings is 1. The van der Waals surface area contributed by atoms with Gasteiger partial charge in [-0.3, -0.25) is 4.79 Å². The molecule has 0 radical (unpaired) electrons. The van der Waals surface area contributed by atoms with Gasteiger partial charge in [0.25, 0.3) is 5.91 Å². The molecule has 1 aromatic rings. The summed E-state index contributed by atoms with van der Waals surface area (Å²) in [7, 11) is 0. The molecular formula is C13H16N2O2. The summed E-state index contributed by atoms with van der Waals surface area (Å²) in [6.07, 6.45) is 0. The van der Waals surface area contributed by atoms with Crippen molar-refractivity contribution < 1.29 is 9.53 Å². The number of carbonyl (C=O) groups is 1. The first kappa shape index (κ1) is 10.6. The first-order valence-corrected chi connectivity index (χ1v) is 5.96. The maximum atomic E-state index is 12.2. The highest BCUT2D eigenvalue weighted by atomic mass is 16.5. The Morgan fingerprint density at radius 2 is 1.76 bits per heavy atom. The maximum absolute atomic E-state index is 12.2. The molecule has 2 N–H and O–H groups in total. The molecule has 0 aliphatic carbocycles. The standard InChI is InChI=1S/C13H16N2O2/c14-12-3-1-9(2-4-12)13(16)15-5-10-7-17-8-11(10)6-15/h1-4,10-11H,5-8,14H2/t10-,11+. The lowest BCUT2D eigenvalue weighted by Gasteiger charge is -2.17. The molecule has 2 aliphatic heterocycles. The van der Waals surface area contributed by atoms with E-state index in [1.165, 1.54) is 0 Å². The predicted molar refractivity (Wildman–Crippen MR) is 64.6 cm³/mol. The molecule has 2 saturated heterocycles. The van der Waals surface area contributed by atoms with Gasteiger partial charge in [-0.1, -0.05) is 0 Å². The van der Waals surface area contributed by atoms with Crippen LogP contribution in [-0.2, 0) is 4.74 Å². The molecule has 0 saturated carbocycles. The summed E-state index contributed by atoms with van der Waals surface area (Å²) in [5.41, 5.74) is 7.02. The average molecular weight is 232 g/mol. The van der Waals surface area contributed by atoms with Gasteiger partial charge >= 0.3 is 0 Å². The molecule has 0 spiro atoms. The minimum absolute atomic E-state index is 0.111. The minimum Gasteiger partial charge on any atom is -0.399 e. The number of likely N-dealkylation sites (tertiary alicyclic amines) is 1. The fraction of sp³-hybridized carbons (Fsp3) is 0.462. The highest BCUT2D eigenvalue weighted by Crippen LogP contribution is 2.30. The smallest absolute Gasteiger partial charge is 0.253 e. The van der Waals surface area contributed by atoms with Crippen molar-refractivity contribution in [2.45, 2.75) is 0 Å². The molecule has 2 atom stereocenters. The summed E-state index contributed by atoms with van der Waals surface area (Å²) in [4.78, 5) is 14.2. The number of hydrogen-bond acceptors (Lipinski definition) is 3. The maximum Gasteiger partial charge on any atom is 0.253 e. The number of nitrogen functional groups attached to an aromatic ring is 1. The van der Waals surface area contributed by atoms with E-state index in [-0.39, 0.29) is 5.91 Å². The molecule has 17 heavy (non-hydrogen) atoms. The van der Waals surface area contributed by atoms with Gasteiger partial charge in [0, 0.05) is 36.2 Å². The van der Waals surface area contributed by atoms with Crippen LogP contribution in [0.1, 0.15) is 10.4 Å². The highest BCUT2D eigenvalue weighted by Gasteiger charge is 2.39. The Morgan fingerprint density at radius 1 is 1.18 bits per heavy atom. The topological polar surface area (TPSA) is 55.6 Å². The zero-order valence-corrected chi connectivity index (χ0v) is 9.63. The van der Waals surface area contributed by atoms with Crippen molar-refractivity contribution in [2.24, 2.45) is 11.8 Å². The van der Waals surface area contributed by atoms with Crippen molar-refractivity contribution in [3.63, 3.8) is 0 Å². The summed E-state index contributed by atoms with van der Waals surface area (Å²) in [5.74, 6) is 1.18. The zero-order valence-electron chi connectivity index (χ0n) is 9.63. The first-order chi connectivity index (χ1) is 8.24. The van der Waals surface area contributed by atoms with Gasteiger partial charge in [0.2, 0.25) is 0 Å². The third kappa shape index (κ3) is 1.89.